The van der Waals surface area contributed by atoms with E-state index < -0.39 is 17.5 Å². The second-order valence-electron chi connectivity index (χ2n) is 4.92. The summed E-state index contributed by atoms with van der Waals surface area (Å²) in [5.41, 5.74) is 5.27. The van der Waals surface area contributed by atoms with Gasteiger partial charge in [0, 0.05) is 18.2 Å². The first-order valence-corrected chi connectivity index (χ1v) is 5.77. The van der Waals surface area contributed by atoms with E-state index in [1.807, 2.05) is 13.8 Å². The van der Waals surface area contributed by atoms with Crippen LogP contribution in [0.2, 0.25) is 0 Å². The number of ether oxygens (including phenoxy) is 1. The third-order valence-corrected chi connectivity index (χ3v) is 2.20. The summed E-state index contributed by atoms with van der Waals surface area (Å²) in [5, 5.41) is 2.67. The van der Waals surface area contributed by atoms with Crippen molar-refractivity contribution >= 4 is 5.91 Å². The Morgan fingerprint density at radius 2 is 2.22 bits per heavy atom. The lowest BCUT2D eigenvalue weighted by Crippen LogP contribution is -2.48. The van der Waals surface area contributed by atoms with Gasteiger partial charge in [0.25, 0.3) is 5.91 Å². The number of carbonyl (C=O) groups is 1. The number of hydrogen-bond donors (Lipinski definition) is 2. The summed E-state index contributed by atoms with van der Waals surface area (Å²) in [7, 11) is 0. The third-order valence-electron chi connectivity index (χ3n) is 2.20. The number of rotatable bonds is 5. The highest BCUT2D eigenvalue weighted by Crippen LogP contribution is 2.13. The minimum Gasteiger partial charge on any atom is -0.481 e. The number of hydrogen-bond acceptors (Lipinski definition) is 3. The molecule has 5 heteroatoms. The summed E-state index contributed by atoms with van der Waals surface area (Å²) in [4.78, 5) is 11.7. The maximum Gasteiger partial charge on any atom is 0.260 e. The van der Waals surface area contributed by atoms with Crippen LogP contribution < -0.4 is 15.8 Å². The number of nitrogens with one attached hydrogen (secondary N) is 1. The molecule has 0 radical (unpaired) electrons. The molecule has 3 N–H and O–H groups in total. The van der Waals surface area contributed by atoms with E-state index in [1.165, 1.54) is 18.2 Å². The van der Waals surface area contributed by atoms with Gasteiger partial charge in [-0.15, -0.1) is 0 Å². The molecule has 1 atom stereocenters. The topological polar surface area (TPSA) is 64.3 Å². The van der Waals surface area contributed by atoms with Crippen molar-refractivity contribution in [2.75, 3.05) is 6.54 Å². The summed E-state index contributed by atoms with van der Waals surface area (Å²) < 4.78 is 18.3. The van der Waals surface area contributed by atoms with Crippen molar-refractivity contribution in [3.8, 4) is 5.75 Å². The van der Waals surface area contributed by atoms with Crippen LogP contribution >= 0.6 is 0 Å². The second-order valence-corrected chi connectivity index (χ2v) is 4.92. The average molecular weight is 254 g/mol. The number of nitrogens with two attached hydrogens (primary N) is 1. The van der Waals surface area contributed by atoms with E-state index in [-0.39, 0.29) is 5.91 Å². The first-order valence-electron chi connectivity index (χ1n) is 5.77. The third kappa shape index (κ3) is 5.14. The Morgan fingerprint density at radius 1 is 1.56 bits per heavy atom. The molecule has 0 saturated heterocycles. The fourth-order valence-corrected chi connectivity index (χ4v) is 1.26. The molecule has 1 rings (SSSR count). The Morgan fingerprint density at radius 3 is 2.78 bits per heavy atom. The van der Waals surface area contributed by atoms with Crippen molar-refractivity contribution in [2.24, 2.45) is 5.73 Å². The van der Waals surface area contributed by atoms with E-state index in [2.05, 4.69) is 5.32 Å². The van der Waals surface area contributed by atoms with Crippen molar-refractivity contribution in [3.63, 3.8) is 0 Å². The zero-order chi connectivity index (χ0) is 13.8. The average Bonchev–Trinajstić information content (AvgIpc) is 2.24. The molecule has 0 fully saturated rings. The number of carbonyl (C=O) groups excluding carboxylic acids is 1. The molecule has 1 unspecified atom stereocenters. The highest BCUT2D eigenvalue weighted by atomic mass is 19.1. The Bertz CT molecular complexity index is 416. The van der Waals surface area contributed by atoms with Crippen molar-refractivity contribution in [1.82, 2.24) is 5.32 Å². The van der Waals surface area contributed by atoms with Gasteiger partial charge in [0.05, 0.1) is 0 Å². The molecule has 4 nitrogen and oxygen atoms in total. The molecule has 100 valence electrons. The first kappa shape index (κ1) is 14.4. The van der Waals surface area contributed by atoms with Crippen molar-refractivity contribution in [1.29, 1.82) is 0 Å². The SMILES string of the molecule is CC(Oc1cccc(F)c1)C(=O)NCC(C)(C)N. The van der Waals surface area contributed by atoms with Crippen LogP contribution in [0.3, 0.4) is 0 Å². The standard InChI is InChI=1S/C13H19FN2O2/c1-9(12(17)16-8-13(2,3)15)18-11-6-4-5-10(14)7-11/h4-7,9H,8,15H2,1-3H3,(H,16,17). The largest absolute Gasteiger partial charge is 0.481 e. The van der Waals surface area contributed by atoms with E-state index in [0.717, 1.165) is 0 Å². The number of halogens is 1. The molecule has 1 aromatic carbocycles. The van der Waals surface area contributed by atoms with Crippen molar-refractivity contribution in [3.05, 3.63) is 30.1 Å². The number of amides is 1. The molecular weight excluding hydrogens is 235 g/mol. The van der Waals surface area contributed by atoms with Crippen molar-refractivity contribution < 1.29 is 13.9 Å². The zero-order valence-electron chi connectivity index (χ0n) is 10.9. The van der Waals surface area contributed by atoms with Gasteiger partial charge in [-0.3, -0.25) is 4.79 Å². The van der Waals surface area contributed by atoms with Gasteiger partial charge in [0.1, 0.15) is 11.6 Å². The molecular formula is C13H19FN2O2. The fourth-order valence-electron chi connectivity index (χ4n) is 1.26. The van der Waals surface area contributed by atoms with Crippen LogP contribution in [0.4, 0.5) is 4.39 Å². The predicted molar refractivity (Wildman–Crippen MR) is 67.8 cm³/mol. The lowest BCUT2D eigenvalue weighted by Gasteiger charge is -2.21. The summed E-state index contributed by atoms with van der Waals surface area (Å²) in [6.07, 6.45) is -0.700. The molecule has 0 spiro atoms. The maximum absolute atomic E-state index is 12.9. The molecule has 18 heavy (non-hydrogen) atoms. The van der Waals surface area contributed by atoms with Crippen LogP contribution in [0.15, 0.2) is 24.3 Å². The van der Waals surface area contributed by atoms with Gasteiger partial charge in [-0.25, -0.2) is 4.39 Å². The molecule has 0 aliphatic rings. The van der Waals surface area contributed by atoms with Crippen molar-refractivity contribution in [2.45, 2.75) is 32.4 Å². The summed E-state index contributed by atoms with van der Waals surface area (Å²) in [5.74, 6) is -0.356. The van der Waals surface area contributed by atoms with Gasteiger partial charge in [0.15, 0.2) is 6.10 Å². The van der Waals surface area contributed by atoms with Crippen LogP contribution in [-0.2, 0) is 4.79 Å². The summed E-state index contributed by atoms with van der Waals surface area (Å²) in [6, 6.07) is 5.67. The summed E-state index contributed by atoms with van der Waals surface area (Å²) in [6.45, 7) is 5.57. The van der Waals surface area contributed by atoms with Crippen LogP contribution in [-0.4, -0.2) is 24.1 Å². The molecule has 0 aliphatic carbocycles. The van der Waals surface area contributed by atoms with Gasteiger partial charge in [0.2, 0.25) is 0 Å². The van der Waals surface area contributed by atoms with Gasteiger partial charge in [-0.2, -0.15) is 0 Å². The first-order chi connectivity index (χ1) is 8.28. The van der Waals surface area contributed by atoms with E-state index in [0.29, 0.717) is 12.3 Å². The predicted octanol–water partition coefficient (Wildman–Crippen LogP) is 1.45. The molecule has 0 aromatic heterocycles. The van der Waals surface area contributed by atoms with Gasteiger partial charge in [-0.05, 0) is 32.9 Å². The minimum atomic E-state index is -0.700. The molecule has 0 heterocycles. The number of benzene rings is 1. The van der Waals surface area contributed by atoms with Crippen LogP contribution in [0.5, 0.6) is 5.75 Å². The quantitative estimate of drug-likeness (QED) is 0.835. The molecule has 0 bridgehead atoms. The summed E-state index contributed by atoms with van der Waals surface area (Å²) >= 11 is 0. The highest BCUT2D eigenvalue weighted by Gasteiger charge is 2.18. The maximum atomic E-state index is 12.9. The lowest BCUT2D eigenvalue weighted by atomic mass is 10.1. The lowest BCUT2D eigenvalue weighted by molar-refractivity contribution is -0.127. The monoisotopic (exact) mass is 254 g/mol. The van der Waals surface area contributed by atoms with E-state index in [9.17, 15) is 9.18 Å². The Kier molecular flexibility index (Phi) is 4.67. The van der Waals surface area contributed by atoms with Crippen LogP contribution in [0.1, 0.15) is 20.8 Å². The van der Waals surface area contributed by atoms with Crippen LogP contribution in [0.25, 0.3) is 0 Å². The molecule has 0 aliphatic heterocycles. The van der Waals surface area contributed by atoms with Gasteiger partial charge < -0.3 is 15.8 Å². The Labute approximate surface area is 106 Å². The fraction of sp³-hybridized carbons (Fsp3) is 0.462. The smallest absolute Gasteiger partial charge is 0.260 e. The van der Waals surface area contributed by atoms with E-state index in [4.69, 9.17) is 10.5 Å². The Hall–Kier alpha value is -1.62. The molecule has 1 aromatic rings. The van der Waals surface area contributed by atoms with Gasteiger partial charge >= 0.3 is 0 Å². The van der Waals surface area contributed by atoms with E-state index in [1.54, 1.807) is 13.0 Å². The van der Waals surface area contributed by atoms with Crippen LogP contribution in [0, 0.1) is 5.82 Å². The zero-order valence-corrected chi connectivity index (χ0v) is 10.9. The molecule has 1 amide bonds. The Balaban J connectivity index is 2.50. The van der Waals surface area contributed by atoms with E-state index >= 15 is 0 Å². The second kappa shape index (κ2) is 5.82. The van der Waals surface area contributed by atoms with Gasteiger partial charge in [-0.1, -0.05) is 6.07 Å². The molecule has 0 saturated carbocycles. The minimum absolute atomic E-state index is 0.280. The highest BCUT2D eigenvalue weighted by molar-refractivity contribution is 5.80. The normalized spacial score (nSPS) is 12.9.